The van der Waals surface area contributed by atoms with E-state index < -0.39 is 5.92 Å². The summed E-state index contributed by atoms with van der Waals surface area (Å²) >= 11 is 8.60. The zero-order valence-electron chi connectivity index (χ0n) is 22.3. The first-order valence-corrected chi connectivity index (χ1v) is 14.6. The van der Waals surface area contributed by atoms with Gasteiger partial charge in [0.1, 0.15) is 28.8 Å². The van der Waals surface area contributed by atoms with E-state index in [-0.39, 0.29) is 28.8 Å². The number of hydrogen-bond acceptors (Lipinski definition) is 12. The maximum Gasteiger partial charge on any atom is 0.234 e. The lowest BCUT2D eigenvalue weighted by Gasteiger charge is -2.37. The smallest absolute Gasteiger partial charge is 0.234 e. The molecule has 0 fully saturated rings. The van der Waals surface area contributed by atoms with Crippen molar-refractivity contribution in [2.75, 3.05) is 30.2 Å². The monoisotopic (exact) mass is 612 g/mol. The third-order valence-corrected chi connectivity index (χ3v) is 8.96. The minimum atomic E-state index is -0.679. The van der Waals surface area contributed by atoms with Crippen molar-refractivity contribution >= 4 is 57.2 Å². The first-order chi connectivity index (χ1) is 19.7. The van der Waals surface area contributed by atoms with Crippen LogP contribution in [-0.4, -0.2) is 41.9 Å². The summed E-state index contributed by atoms with van der Waals surface area (Å²) in [5.41, 5.74) is 8.36. The number of ketones is 1. The van der Waals surface area contributed by atoms with E-state index in [1.54, 1.807) is 36.1 Å². The first-order valence-electron chi connectivity index (χ1n) is 12.5. The molecular weight excluding hydrogens is 588 g/mol. The molecule has 1 aliphatic heterocycles. The first kappa shape index (κ1) is 28.5. The third-order valence-electron chi connectivity index (χ3n) is 6.62. The number of carbonyl (C=O) groups excluding carboxylic acids is 2. The number of thioether (sulfide) groups is 1. The van der Waals surface area contributed by atoms with E-state index in [0.717, 1.165) is 0 Å². The number of nitriles is 1. The fraction of sp³-hybridized carbons (Fsp3) is 0.296. The minimum Gasteiger partial charge on any atom is -0.495 e. The number of aryl methyl sites for hydroxylation is 1. The zero-order valence-corrected chi connectivity index (χ0v) is 24.7. The van der Waals surface area contributed by atoms with Gasteiger partial charge in [0.05, 0.1) is 48.2 Å². The van der Waals surface area contributed by atoms with Crippen molar-refractivity contribution in [3.63, 3.8) is 0 Å². The van der Waals surface area contributed by atoms with Crippen LogP contribution in [0.25, 0.3) is 0 Å². The quantitative estimate of drug-likeness (QED) is 0.324. The maximum atomic E-state index is 13.2. The van der Waals surface area contributed by atoms with Gasteiger partial charge in [-0.15, -0.1) is 10.2 Å². The van der Waals surface area contributed by atoms with Crippen LogP contribution in [0.3, 0.4) is 0 Å². The number of furan rings is 1. The summed E-state index contributed by atoms with van der Waals surface area (Å²) in [6.07, 6.45) is 1.60. The summed E-state index contributed by atoms with van der Waals surface area (Å²) in [6.45, 7) is 1.80. The van der Waals surface area contributed by atoms with Crippen molar-refractivity contribution in [3.05, 3.63) is 63.5 Å². The number of aromatic nitrogens is 2. The number of benzene rings is 1. The van der Waals surface area contributed by atoms with Crippen LogP contribution in [-0.2, 0) is 9.59 Å². The topological polar surface area (TPSA) is 157 Å². The lowest BCUT2D eigenvalue weighted by molar-refractivity contribution is -0.116. The number of rotatable bonds is 8. The van der Waals surface area contributed by atoms with Crippen molar-refractivity contribution in [1.29, 1.82) is 5.26 Å². The highest BCUT2D eigenvalue weighted by Gasteiger charge is 2.42. The Bertz CT molecular complexity index is 1640. The Morgan fingerprint density at radius 1 is 1.29 bits per heavy atom. The van der Waals surface area contributed by atoms with Gasteiger partial charge >= 0.3 is 0 Å². The molecule has 1 aromatic carbocycles. The number of anilines is 2. The lowest BCUT2D eigenvalue weighted by atomic mass is 9.78. The Morgan fingerprint density at radius 3 is 2.76 bits per heavy atom. The number of carbonyl (C=O) groups is 2. The van der Waals surface area contributed by atoms with Crippen LogP contribution in [0.5, 0.6) is 11.5 Å². The molecule has 3 N–H and O–H groups in total. The number of methoxy groups -OCH3 is 2. The SMILES string of the molecule is COc1cc(OC)c(NC(=O)CSc2nnc(N3C(N)=C(C#N)C(c4ccc(C)o4)C4=C3CCCC4=O)s2)cc1Cl. The largest absolute Gasteiger partial charge is 0.495 e. The number of Topliss-reactive ketones (excluding diaryl/α,β-unsaturated/α-hetero) is 1. The molecule has 0 saturated carbocycles. The molecule has 2 aliphatic rings. The van der Waals surface area contributed by atoms with Crippen LogP contribution in [0.4, 0.5) is 10.8 Å². The second-order valence-electron chi connectivity index (χ2n) is 9.14. The summed E-state index contributed by atoms with van der Waals surface area (Å²) in [5.74, 6) is 1.16. The molecule has 1 aliphatic carbocycles. The Morgan fingerprint density at radius 2 is 2.07 bits per heavy atom. The van der Waals surface area contributed by atoms with Gasteiger partial charge < -0.3 is 24.9 Å². The van der Waals surface area contributed by atoms with Crippen LogP contribution in [0.1, 0.15) is 36.7 Å². The summed E-state index contributed by atoms with van der Waals surface area (Å²) in [4.78, 5) is 27.6. The van der Waals surface area contributed by atoms with E-state index in [9.17, 15) is 14.9 Å². The molecule has 14 heteroatoms. The van der Waals surface area contributed by atoms with Crippen molar-refractivity contribution in [2.24, 2.45) is 5.73 Å². The van der Waals surface area contributed by atoms with Gasteiger partial charge in [-0.05, 0) is 38.0 Å². The number of ether oxygens (including phenoxy) is 2. The zero-order chi connectivity index (χ0) is 29.3. The Kier molecular flexibility index (Phi) is 8.25. The van der Waals surface area contributed by atoms with E-state index in [2.05, 4.69) is 21.6 Å². The van der Waals surface area contributed by atoms with E-state index in [0.29, 0.717) is 73.7 Å². The summed E-state index contributed by atoms with van der Waals surface area (Å²) in [5, 5.41) is 22.1. The third kappa shape index (κ3) is 5.50. The van der Waals surface area contributed by atoms with Gasteiger partial charge in [-0.1, -0.05) is 34.7 Å². The van der Waals surface area contributed by atoms with Crippen molar-refractivity contribution in [3.8, 4) is 17.6 Å². The molecule has 1 unspecified atom stereocenters. The van der Waals surface area contributed by atoms with Gasteiger partial charge in [0.15, 0.2) is 10.1 Å². The van der Waals surface area contributed by atoms with Gasteiger partial charge in [0, 0.05) is 23.8 Å². The fourth-order valence-corrected chi connectivity index (χ4v) is 6.74. The lowest BCUT2D eigenvalue weighted by Crippen LogP contribution is -2.38. The fourth-order valence-electron chi connectivity index (χ4n) is 4.82. The average molecular weight is 613 g/mol. The molecule has 3 aromatic rings. The highest BCUT2D eigenvalue weighted by Crippen LogP contribution is 2.47. The summed E-state index contributed by atoms with van der Waals surface area (Å²) in [7, 11) is 2.97. The highest BCUT2D eigenvalue weighted by molar-refractivity contribution is 8.01. The number of nitrogens with zero attached hydrogens (tertiary/aromatic N) is 4. The molecule has 5 rings (SSSR count). The number of nitrogens with two attached hydrogens (primary N) is 1. The van der Waals surface area contributed by atoms with Crippen molar-refractivity contribution < 1.29 is 23.5 Å². The van der Waals surface area contributed by atoms with Gasteiger partial charge in [0.2, 0.25) is 11.0 Å². The maximum absolute atomic E-state index is 13.2. The van der Waals surface area contributed by atoms with Gasteiger partial charge in [-0.2, -0.15) is 5.26 Å². The Labute approximate surface area is 248 Å². The van der Waals surface area contributed by atoms with Crippen LogP contribution in [0.15, 0.2) is 55.7 Å². The summed E-state index contributed by atoms with van der Waals surface area (Å²) in [6, 6.07) is 8.90. The van der Waals surface area contributed by atoms with E-state index in [4.69, 9.17) is 31.2 Å². The Hall–Kier alpha value is -3.99. The molecule has 41 heavy (non-hydrogen) atoms. The van der Waals surface area contributed by atoms with Crippen LogP contribution in [0, 0.1) is 18.3 Å². The van der Waals surface area contributed by atoms with Crippen molar-refractivity contribution in [1.82, 2.24) is 10.2 Å². The Balaban J connectivity index is 1.38. The molecule has 1 amide bonds. The van der Waals surface area contributed by atoms with Gasteiger partial charge in [0.25, 0.3) is 0 Å². The number of halogens is 1. The molecule has 0 radical (unpaired) electrons. The number of allylic oxidation sites excluding steroid dienone is 3. The summed E-state index contributed by atoms with van der Waals surface area (Å²) < 4.78 is 16.9. The minimum absolute atomic E-state index is 0.0303. The normalized spacial score (nSPS) is 16.9. The van der Waals surface area contributed by atoms with Crippen LogP contribution < -0.4 is 25.4 Å². The number of amides is 1. The predicted octanol–water partition coefficient (Wildman–Crippen LogP) is 5.15. The van der Waals surface area contributed by atoms with Gasteiger partial charge in [-0.25, -0.2) is 0 Å². The molecule has 0 bridgehead atoms. The van der Waals surface area contributed by atoms with Gasteiger partial charge in [-0.3, -0.25) is 14.5 Å². The van der Waals surface area contributed by atoms with Crippen LogP contribution >= 0.6 is 34.7 Å². The molecule has 2 aromatic heterocycles. The molecule has 1 atom stereocenters. The second-order valence-corrected chi connectivity index (χ2v) is 11.7. The molecule has 212 valence electrons. The number of nitrogens with one attached hydrogen (secondary N) is 1. The molecule has 0 spiro atoms. The highest BCUT2D eigenvalue weighted by atomic mass is 35.5. The molecule has 0 saturated heterocycles. The van der Waals surface area contributed by atoms with Crippen molar-refractivity contribution in [2.45, 2.75) is 36.4 Å². The molecule has 11 nitrogen and oxygen atoms in total. The number of hydrogen-bond donors (Lipinski definition) is 2. The molecule has 3 heterocycles. The average Bonchev–Trinajstić information content (AvgIpc) is 3.60. The second kappa shape index (κ2) is 11.9. The van der Waals surface area contributed by atoms with Crippen LogP contribution in [0.2, 0.25) is 5.02 Å². The standard InChI is InChI=1S/C27H25ClN6O5S2/c1-13-7-8-19(39-13)23-14(11-29)25(30)34(17-5-4-6-18(35)24(17)23)26-32-33-27(41-26)40-12-22(36)31-16-9-15(28)20(37-2)10-21(16)38-3/h7-10,23H,4-6,12,30H2,1-3H3,(H,31,36). The molecular formula is C27H25ClN6O5S2. The predicted molar refractivity (Wildman–Crippen MR) is 155 cm³/mol. The van der Waals surface area contributed by atoms with E-state index in [1.807, 2.05) is 0 Å². The van der Waals surface area contributed by atoms with E-state index >= 15 is 0 Å². The van der Waals surface area contributed by atoms with E-state index in [1.165, 1.54) is 37.3 Å².